The van der Waals surface area contributed by atoms with Crippen molar-refractivity contribution in [3.63, 3.8) is 0 Å². The molecule has 1 aromatic carbocycles. The molecule has 3 rings (SSSR count). The van der Waals surface area contributed by atoms with Gasteiger partial charge in [0.25, 0.3) is 5.91 Å². The first-order valence-corrected chi connectivity index (χ1v) is 8.78. The van der Waals surface area contributed by atoms with Crippen LogP contribution in [-0.4, -0.2) is 62.4 Å². The number of likely N-dealkylation sites (tertiary alicyclic amines) is 1. The van der Waals surface area contributed by atoms with Crippen molar-refractivity contribution in [3.8, 4) is 0 Å². The Morgan fingerprint density at radius 3 is 2.76 bits per heavy atom. The number of carbonyl (C=O) groups is 2. The maximum atomic E-state index is 12.8. The van der Waals surface area contributed by atoms with E-state index in [9.17, 15) is 9.59 Å². The third kappa shape index (κ3) is 4.49. The normalized spacial score (nSPS) is 20.4. The molecule has 0 bridgehead atoms. The van der Waals surface area contributed by atoms with E-state index < -0.39 is 0 Å². The number of benzene rings is 1. The Morgan fingerprint density at radius 2 is 2.04 bits per heavy atom. The lowest BCUT2D eigenvalue weighted by molar-refractivity contribution is -0.0852. The SMILES string of the molecule is Cc1cccc(NC(=O)NC[C@@H]2COCCO2)c1C(=O)N1CCCC1. The highest BCUT2D eigenvalue weighted by Crippen LogP contribution is 2.23. The fourth-order valence-electron chi connectivity index (χ4n) is 3.16. The number of hydrogen-bond donors (Lipinski definition) is 2. The van der Waals surface area contributed by atoms with Gasteiger partial charge in [-0.3, -0.25) is 4.79 Å². The molecule has 3 amide bonds. The van der Waals surface area contributed by atoms with E-state index in [1.54, 1.807) is 6.07 Å². The van der Waals surface area contributed by atoms with Crippen LogP contribution in [0.5, 0.6) is 0 Å². The van der Waals surface area contributed by atoms with Gasteiger partial charge in [0.2, 0.25) is 0 Å². The molecule has 0 radical (unpaired) electrons. The molecule has 2 aliphatic heterocycles. The molecule has 2 heterocycles. The standard InChI is InChI=1S/C18H25N3O4/c1-13-5-4-6-15(16(13)17(22)21-7-2-3-8-21)20-18(23)19-11-14-12-24-9-10-25-14/h4-6,14H,2-3,7-12H2,1H3,(H2,19,20,23)/t14-/m1/s1. The summed E-state index contributed by atoms with van der Waals surface area (Å²) >= 11 is 0. The second kappa shape index (κ2) is 8.31. The van der Waals surface area contributed by atoms with Crippen LogP contribution < -0.4 is 10.6 Å². The molecule has 0 unspecified atom stereocenters. The van der Waals surface area contributed by atoms with Crippen molar-refractivity contribution < 1.29 is 19.1 Å². The van der Waals surface area contributed by atoms with Crippen LogP contribution >= 0.6 is 0 Å². The van der Waals surface area contributed by atoms with Crippen LogP contribution in [0.15, 0.2) is 18.2 Å². The van der Waals surface area contributed by atoms with Crippen molar-refractivity contribution in [2.24, 2.45) is 0 Å². The predicted molar refractivity (Wildman–Crippen MR) is 93.9 cm³/mol. The van der Waals surface area contributed by atoms with E-state index in [2.05, 4.69) is 10.6 Å². The Labute approximate surface area is 147 Å². The topological polar surface area (TPSA) is 79.9 Å². The first-order valence-electron chi connectivity index (χ1n) is 8.78. The average Bonchev–Trinajstić information content (AvgIpc) is 3.15. The first kappa shape index (κ1) is 17.7. The van der Waals surface area contributed by atoms with Crippen molar-refractivity contribution in [2.45, 2.75) is 25.9 Å². The minimum Gasteiger partial charge on any atom is -0.376 e. The third-order valence-corrected chi connectivity index (χ3v) is 4.50. The van der Waals surface area contributed by atoms with Gasteiger partial charge in [0.15, 0.2) is 0 Å². The lowest BCUT2D eigenvalue weighted by atomic mass is 10.1. The van der Waals surface area contributed by atoms with Gasteiger partial charge in [-0.15, -0.1) is 0 Å². The zero-order valence-corrected chi connectivity index (χ0v) is 14.5. The number of ether oxygens (including phenoxy) is 2. The first-order chi connectivity index (χ1) is 12.1. The minimum absolute atomic E-state index is 0.0186. The van der Waals surface area contributed by atoms with E-state index in [-0.39, 0.29) is 18.0 Å². The smallest absolute Gasteiger partial charge is 0.319 e. The van der Waals surface area contributed by atoms with Crippen LogP contribution in [0.2, 0.25) is 0 Å². The van der Waals surface area contributed by atoms with Crippen LogP contribution in [0.25, 0.3) is 0 Å². The van der Waals surface area contributed by atoms with E-state index in [0.717, 1.165) is 31.5 Å². The van der Waals surface area contributed by atoms with Gasteiger partial charge in [-0.2, -0.15) is 0 Å². The Kier molecular flexibility index (Phi) is 5.88. The molecular formula is C18H25N3O4. The van der Waals surface area contributed by atoms with E-state index >= 15 is 0 Å². The number of nitrogens with zero attached hydrogens (tertiary/aromatic N) is 1. The van der Waals surface area contributed by atoms with Crippen LogP contribution in [-0.2, 0) is 9.47 Å². The molecular weight excluding hydrogens is 322 g/mol. The number of anilines is 1. The molecule has 2 N–H and O–H groups in total. The van der Waals surface area contributed by atoms with Crippen LogP contribution in [0, 0.1) is 6.92 Å². The Balaban J connectivity index is 1.64. The molecule has 0 aliphatic carbocycles. The highest BCUT2D eigenvalue weighted by molar-refractivity contribution is 6.04. The van der Waals surface area contributed by atoms with Crippen molar-refractivity contribution in [2.75, 3.05) is 44.8 Å². The second-order valence-corrected chi connectivity index (χ2v) is 6.40. The molecule has 2 aliphatic rings. The average molecular weight is 347 g/mol. The zero-order valence-electron chi connectivity index (χ0n) is 14.5. The number of amides is 3. The van der Waals surface area contributed by atoms with Crippen molar-refractivity contribution in [1.82, 2.24) is 10.2 Å². The molecule has 7 nitrogen and oxygen atoms in total. The van der Waals surface area contributed by atoms with Crippen LogP contribution in [0.4, 0.5) is 10.5 Å². The van der Waals surface area contributed by atoms with Gasteiger partial charge in [-0.1, -0.05) is 12.1 Å². The molecule has 1 aromatic rings. The minimum atomic E-state index is -0.352. The molecule has 7 heteroatoms. The summed E-state index contributed by atoms with van der Waals surface area (Å²) in [5.74, 6) is -0.0186. The third-order valence-electron chi connectivity index (χ3n) is 4.50. The van der Waals surface area contributed by atoms with Crippen molar-refractivity contribution >= 4 is 17.6 Å². The predicted octanol–water partition coefficient (Wildman–Crippen LogP) is 1.77. The van der Waals surface area contributed by atoms with Crippen molar-refractivity contribution in [3.05, 3.63) is 29.3 Å². The zero-order chi connectivity index (χ0) is 17.6. The van der Waals surface area contributed by atoms with Gasteiger partial charge < -0.3 is 25.0 Å². The van der Waals surface area contributed by atoms with E-state index in [1.807, 2.05) is 24.0 Å². The number of nitrogens with one attached hydrogen (secondary N) is 2. The van der Waals surface area contributed by atoms with Gasteiger partial charge in [0, 0.05) is 19.6 Å². The molecule has 0 saturated carbocycles. The second-order valence-electron chi connectivity index (χ2n) is 6.40. The molecule has 2 fully saturated rings. The fourth-order valence-corrected chi connectivity index (χ4v) is 3.16. The van der Waals surface area contributed by atoms with Crippen molar-refractivity contribution in [1.29, 1.82) is 0 Å². The van der Waals surface area contributed by atoms with E-state index in [0.29, 0.717) is 37.6 Å². The summed E-state index contributed by atoms with van der Waals surface area (Å²) < 4.78 is 10.8. The number of carbonyl (C=O) groups excluding carboxylic acids is 2. The van der Waals surface area contributed by atoms with Gasteiger partial charge in [0.1, 0.15) is 0 Å². The summed E-state index contributed by atoms with van der Waals surface area (Å²) in [6.45, 7) is 5.42. The molecule has 0 aromatic heterocycles. The van der Waals surface area contributed by atoms with E-state index in [4.69, 9.17) is 9.47 Å². The number of urea groups is 1. The van der Waals surface area contributed by atoms with Gasteiger partial charge >= 0.3 is 6.03 Å². The van der Waals surface area contributed by atoms with Crippen LogP contribution in [0.3, 0.4) is 0 Å². The maximum Gasteiger partial charge on any atom is 0.319 e. The van der Waals surface area contributed by atoms with Crippen LogP contribution in [0.1, 0.15) is 28.8 Å². The summed E-state index contributed by atoms with van der Waals surface area (Å²) in [6, 6.07) is 5.13. The summed E-state index contributed by atoms with van der Waals surface area (Å²) in [7, 11) is 0. The molecule has 136 valence electrons. The quantitative estimate of drug-likeness (QED) is 0.870. The Bertz CT molecular complexity index is 623. The molecule has 1 atom stereocenters. The van der Waals surface area contributed by atoms with Gasteiger partial charge in [-0.25, -0.2) is 4.79 Å². The lowest BCUT2D eigenvalue weighted by Crippen LogP contribution is -2.41. The maximum absolute atomic E-state index is 12.8. The summed E-state index contributed by atoms with van der Waals surface area (Å²) in [6.07, 6.45) is 1.93. The van der Waals surface area contributed by atoms with Gasteiger partial charge in [-0.05, 0) is 31.4 Å². The largest absolute Gasteiger partial charge is 0.376 e. The summed E-state index contributed by atoms with van der Waals surface area (Å²) in [5, 5.41) is 5.58. The molecule has 2 saturated heterocycles. The van der Waals surface area contributed by atoms with E-state index in [1.165, 1.54) is 0 Å². The molecule has 0 spiro atoms. The Morgan fingerprint density at radius 1 is 1.24 bits per heavy atom. The summed E-state index contributed by atoms with van der Waals surface area (Å²) in [5.41, 5.74) is 1.96. The molecule has 25 heavy (non-hydrogen) atoms. The summed E-state index contributed by atoms with van der Waals surface area (Å²) in [4.78, 5) is 26.9. The highest BCUT2D eigenvalue weighted by Gasteiger charge is 2.24. The number of hydrogen-bond acceptors (Lipinski definition) is 4. The highest BCUT2D eigenvalue weighted by atomic mass is 16.6. The number of aryl methyl sites for hydroxylation is 1. The number of rotatable bonds is 4. The lowest BCUT2D eigenvalue weighted by Gasteiger charge is -2.23. The fraction of sp³-hybridized carbons (Fsp3) is 0.556. The van der Waals surface area contributed by atoms with Gasteiger partial charge in [0.05, 0.1) is 37.2 Å². The monoisotopic (exact) mass is 347 g/mol. The Hall–Kier alpha value is -2.12.